The van der Waals surface area contributed by atoms with Crippen molar-refractivity contribution in [2.75, 3.05) is 0 Å². The van der Waals surface area contributed by atoms with Crippen molar-refractivity contribution < 1.29 is 5.11 Å². The molecule has 15 heavy (non-hydrogen) atoms. The van der Waals surface area contributed by atoms with E-state index in [4.69, 9.17) is 0 Å². The van der Waals surface area contributed by atoms with Gasteiger partial charge in [-0.1, -0.05) is 6.42 Å². The highest BCUT2D eigenvalue weighted by molar-refractivity contribution is 5.29. The molecule has 5 aliphatic carbocycles. The molecule has 6 unspecified atom stereocenters. The molecule has 1 nitrogen and oxygen atoms in total. The van der Waals surface area contributed by atoms with Crippen molar-refractivity contribution >= 4 is 0 Å². The Kier molecular flexibility index (Phi) is 1.17. The Labute approximate surface area is 91.2 Å². The maximum Gasteiger partial charge on any atom is 0.0744 e. The van der Waals surface area contributed by atoms with Crippen molar-refractivity contribution in [2.24, 2.45) is 41.4 Å². The molecule has 0 aromatic rings. The summed E-state index contributed by atoms with van der Waals surface area (Å²) in [5, 5.41) is 10.8. The average Bonchev–Trinajstić information content (AvgIpc) is 2.87. The Hall–Kier alpha value is -0.0400. The first-order valence-electron chi connectivity index (χ1n) is 7.04. The number of aliphatic hydroxyl groups is 1. The first-order chi connectivity index (χ1) is 7.32. The zero-order valence-corrected chi connectivity index (χ0v) is 9.23. The van der Waals surface area contributed by atoms with Gasteiger partial charge in [0.05, 0.1) is 5.60 Å². The van der Waals surface area contributed by atoms with Gasteiger partial charge in [0.15, 0.2) is 0 Å². The zero-order valence-electron chi connectivity index (χ0n) is 9.23. The molecule has 0 aromatic heterocycles. The summed E-state index contributed by atoms with van der Waals surface area (Å²) in [6.07, 6.45) is 8.59. The molecule has 0 aromatic carbocycles. The summed E-state index contributed by atoms with van der Waals surface area (Å²) in [5.74, 6) is 6.31. The molecule has 0 amide bonds. The summed E-state index contributed by atoms with van der Waals surface area (Å²) in [6.45, 7) is 0. The third-order valence-corrected chi connectivity index (χ3v) is 6.86. The molecule has 0 heterocycles. The lowest BCUT2D eigenvalue weighted by molar-refractivity contribution is 0.0639. The van der Waals surface area contributed by atoms with Crippen LogP contribution in [0.25, 0.3) is 0 Å². The molecular formula is C14H20O. The van der Waals surface area contributed by atoms with Crippen LogP contribution >= 0.6 is 0 Å². The van der Waals surface area contributed by atoms with Crippen LogP contribution in [0.3, 0.4) is 0 Å². The van der Waals surface area contributed by atoms with E-state index in [1.807, 2.05) is 0 Å². The van der Waals surface area contributed by atoms with E-state index >= 15 is 0 Å². The topological polar surface area (TPSA) is 20.2 Å². The summed E-state index contributed by atoms with van der Waals surface area (Å²) in [7, 11) is 0. The van der Waals surface area contributed by atoms with Gasteiger partial charge in [0.1, 0.15) is 0 Å². The highest BCUT2D eigenvalue weighted by Crippen LogP contribution is 2.79. The predicted octanol–water partition coefficient (Wildman–Crippen LogP) is 2.44. The third-order valence-electron chi connectivity index (χ3n) is 6.86. The van der Waals surface area contributed by atoms with Crippen molar-refractivity contribution in [3.63, 3.8) is 0 Å². The van der Waals surface area contributed by atoms with Crippen LogP contribution in [0, 0.1) is 41.4 Å². The van der Waals surface area contributed by atoms with Gasteiger partial charge >= 0.3 is 0 Å². The Balaban J connectivity index is 1.46. The molecule has 1 heteroatoms. The molecule has 5 aliphatic rings. The van der Waals surface area contributed by atoms with Gasteiger partial charge in [-0.3, -0.25) is 0 Å². The molecule has 0 aliphatic heterocycles. The Morgan fingerprint density at radius 2 is 1.47 bits per heavy atom. The predicted molar refractivity (Wildman–Crippen MR) is 57.1 cm³/mol. The van der Waals surface area contributed by atoms with Crippen molar-refractivity contribution in [3.05, 3.63) is 0 Å². The molecule has 5 fully saturated rings. The van der Waals surface area contributed by atoms with Crippen molar-refractivity contribution in [1.82, 2.24) is 0 Å². The molecule has 0 saturated heterocycles. The lowest BCUT2D eigenvalue weighted by atomic mass is 9.93. The van der Waals surface area contributed by atoms with E-state index in [1.165, 1.54) is 38.5 Å². The lowest BCUT2D eigenvalue weighted by Crippen LogP contribution is -2.23. The molecule has 5 saturated carbocycles. The zero-order chi connectivity index (χ0) is 9.78. The summed E-state index contributed by atoms with van der Waals surface area (Å²) in [6, 6.07) is 0. The minimum atomic E-state index is -0.130. The van der Waals surface area contributed by atoms with Crippen LogP contribution in [0.4, 0.5) is 0 Å². The smallest absolute Gasteiger partial charge is 0.0744 e. The fourth-order valence-corrected chi connectivity index (χ4v) is 6.41. The summed E-state index contributed by atoms with van der Waals surface area (Å²) in [5.41, 5.74) is -0.130. The van der Waals surface area contributed by atoms with E-state index in [2.05, 4.69) is 0 Å². The average molecular weight is 204 g/mol. The largest absolute Gasteiger partial charge is 0.389 e. The number of hydrogen-bond acceptors (Lipinski definition) is 1. The first-order valence-corrected chi connectivity index (χ1v) is 7.04. The normalized spacial score (nSPS) is 73.0. The van der Waals surface area contributed by atoms with E-state index in [0.29, 0.717) is 0 Å². The van der Waals surface area contributed by atoms with Gasteiger partial charge in [0.25, 0.3) is 0 Å². The van der Waals surface area contributed by atoms with Crippen LogP contribution in [0.5, 0.6) is 0 Å². The van der Waals surface area contributed by atoms with E-state index in [-0.39, 0.29) is 5.60 Å². The molecule has 1 N–H and O–H groups in total. The summed E-state index contributed by atoms with van der Waals surface area (Å²) >= 11 is 0. The van der Waals surface area contributed by atoms with E-state index < -0.39 is 0 Å². The van der Waals surface area contributed by atoms with Gasteiger partial charge in [-0.2, -0.15) is 0 Å². The van der Waals surface area contributed by atoms with Gasteiger partial charge in [-0.15, -0.1) is 0 Å². The monoisotopic (exact) mass is 204 g/mol. The standard InChI is InChI=1S/C14H20O/c15-14(9-2-1-3-10(9)14)13-11-7-4-5-8(6-7)12(11)13/h7-13,15H,1-6H2. The number of rotatable bonds is 1. The van der Waals surface area contributed by atoms with Crippen LogP contribution in [-0.4, -0.2) is 10.7 Å². The third kappa shape index (κ3) is 0.712. The maximum absolute atomic E-state index is 10.8. The number of fused-ring (bicyclic) bond motifs is 6. The summed E-state index contributed by atoms with van der Waals surface area (Å²) < 4.78 is 0. The molecule has 0 spiro atoms. The van der Waals surface area contributed by atoms with Crippen molar-refractivity contribution in [3.8, 4) is 0 Å². The number of hydrogen-bond donors (Lipinski definition) is 1. The first kappa shape index (κ1) is 8.11. The molecule has 6 atom stereocenters. The van der Waals surface area contributed by atoms with Crippen LogP contribution in [0.2, 0.25) is 0 Å². The fourth-order valence-electron chi connectivity index (χ4n) is 6.41. The van der Waals surface area contributed by atoms with Crippen LogP contribution in [0.15, 0.2) is 0 Å². The van der Waals surface area contributed by atoms with Crippen molar-refractivity contribution in [1.29, 1.82) is 0 Å². The van der Waals surface area contributed by atoms with Gasteiger partial charge < -0.3 is 5.11 Å². The highest BCUT2D eigenvalue weighted by Gasteiger charge is 2.80. The SMILES string of the molecule is OC1(C2C3C4CCC(C4)C32)C2CCCC21. The minimum absolute atomic E-state index is 0.130. The van der Waals surface area contributed by atoms with Crippen LogP contribution in [-0.2, 0) is 0 Å². The fraction of sp³-hybridized carbons (Fsp3) is 1.00. The highest BCUT2D eigenvalue weighted by atomic mass is 16.3. The van der Waals surface area contributed by atoms with Gasteiger partial charge in [0, 0.05) is 0 Å². The molecule has 82 valence electrons. The quantitative estimate of drug-likeness (QED) is 0.695. The van der Waals surface area contributed by atoms with Gasteiger partial charge in [-0.05, 0) is 73.5 Å². The Morgan fingerprint density at radius 3 is 2.07 bits per heavy atom. The van der Waals surface area contributed by atoms with Gasteiger partial charge in [-0.25, -0.2) is 0 Å². The second-order valence-electron chi connectivity index (χ2n) is 7.04. The van der Waals surface area contributed by atoms with E-state index in [0.717, 1.165) is 41.4 Å². The Bertz CT molecular complexity index is 310. The molecule has 0 radical (unpaired) electrons. The second-order valence-corrected chi connectivity index (χ2v) is 7.04. The van der Waals surface area contributed by atoms with Crippen LogP contribution < -0.4 is 0 Å². The molecule has 2 bridgehead atoms. The van der Waals surface area contributed by atoms with Gasteiger partial charge in [0.2, 0.25) is 0 Å². The maximum atomic E-state index is 10.8. The lowest BCUT2D eigenvalue weighted by Gasteiger charge is -2.18. The second kappa shape index (κ2) is 2.16. The van der Waals surface area contributed by atoms with Crippen molar-refractivity contribution in [2.45, 2.75) is 44.1 Å². The Morgan fingerprint density at radius 1 is 0.867 bits per heavy atom. The molecule has 5 rings (SSSR count). The van der Waals surface area contributed by atoms with E-state index in [9.17, 15) is 5.11 Å². The summed E-state index contributed by atoms with van der Waals surface area (Å²) in [4.78, 5) is 0. The van der Waals surface area contributed by atoms with E-state index in [1.54, 1.807) is 0 Å². The molecular weight excluding hydrogens is 184 g/mol. The minimum Gasteiger partial charge on any atom is -0.389 e. The van der Waals surface area contributed by atoms with Crippen LogP contribution in [0.1, 0.15) is 38.5 Å².